The number of halogens is 1. The minimum atomic E-state index is -0.300. The lowest BCUT2D eigenvalue weighted by Crippen LogP contribution is -2.32. The van der Waals surface area contributed by atoms with Crippen LogP contribution in [0.3, 0.4) is 0 Å². The fourth-order valence-corrected chi connectivity index (χ4v) is 4.24. The van der Waals surface area contributed by atoms with Crippen LogP contribution in [0.25, 0.3) is 17.1 Å². The first kappa shape index (κ1) is 20.4. The van der Waals surface area contributed by atoms with E-state index in [9.17, 15) is 4.79 Å². The van der Waals surface area contributed by atoms with Gasteiger partial charge in [-0.1, -0.05) is 28.9 Å². The zero-order valence-corrected chi connectivity index (χ0v) is 18.5. The van der Waals surface area contributed by atoms with Crippen LogP contribution in [-0.2, 0) is 0 Å². The largest absolute Gasteiger partial charge is 0.337 e. The van der Waals surface area contributed by atoms with Crippen LogP contribution in [0.15, 0.2) is 53.3 Å². The number of rotatable bonds is 4. The Kier molecular flexibility index (Phi) is 5.22. The van der Waals surface area contributed by atoms with Crippen LogP contribution in [0, 0.1) is 13.8 Å². The van der Waals surface area contributed by atoms with Crippen molar-refractivity contribution in [3.05, 3.63) is 76.4 Å². The number of aryl methyl sites for hydroxylation is 2. The SMILES string of the molecule is Cc1cc(C(=O)N2CCCC2c2nc(-c3ccccc3Cl)no2)c(-n2nccn2)cc1C. The summed E-state index contributed by atoms with van der Waals surface area (Å²) >= 11 is 6.28. The molecule has 1 amide bonds. The van der Waals surface area contributed by atoms with Gasteiger partial charge in [0.25, 0.3) is 5.91 Å². The Morgan fingerprint density at radius 1 is 1.12 bits per heavy atom. The number of hydrogen-bond acceptors (Lipinski definition) is 6. The molecule has 5 rings (SSSR count). The summed E-state index contributed by atoms with van der Waals surface area (Å²) in [6.07, 6.45) is 4.78. The highest BCUT2D eigenvalue weighted by atomic mass is 35.5. The highest BCUT2D eigenvalue weighted by Gasteiger charge is 2.36. The van der Waals surface area contributed by atoms with Crippen LogP contribution >= 0.6 is 11.6 Å². The van der Waals surface area contributed by atoms with Crippen molar-refractivity contribution in [2.45, 2.75) is 32.7 Å². The average molecular weight is 449 g/mol. The number of carbonyl (C=O) groups excluding carboxylic acids is 1. The molecule has 1 unspecified atom stereocenters. The van der Waals surface area contributed by atoms with Crippen molar-refractivity contribution in [3.8, 4) is 17.1 Å². The van der Waals surface area contributed by atoms with Gasteiger partial charge in [0.05, 0.1) is 28.7 Å². The van der Waals surface area contributed by atoms with Crippen molar-refractivity contribution in [2.75, 3.05) is 6.54 Å². The van der Waals surface area contributed by atoms with Gasteiger partial charge in [0.1, 0.15) is 6.04 Å². The summed E-state index contributed by atoms with van der Waals surface area (Å²) in [5.74, 6) is 0.714. The smallest absolute Gasteiger partial charge is 0.256 e. The summed E-state index contributed by atoms with van der Waals surface area (Å²) in [5.41, 5.74) is 3.98. The number of benzene rings is 2. The first-order valence-corrected chi connectivity index (χ1v) is 10.8. The van der Waals surface area contributed by atoms with Crippen molar-refractivity contribution in [2.24, 2.45) is 0 Å². The molecule has 8 nitrogen and oxygen atoms in total. The third-order valence-corrected chi connectivity index (χ3v) is 6.16. The van der Waals surface area contributed by atoms with Crippen LogP contribution < -0.4 is 0 Å². The van der Waals surface area contributed by atoms with Crippen LogP contribution in [0.2, 0.25) is 5.02 Å². The van der Waals surface area contributed by atoms with E-state index in [4.69, 9.17) is 16.1 Å². The maximum Gasteiger partial charge on any atom is 0.256 e. The van der Waals surface area contributed by atoms with Gasteiger partial charge in [-0.05, 0) is 62.1 Å². The highest BCUT2D eigenvalue weighted by Crippen LogP contribution is 2.35. The lowest BCUT2D eigenvalue weighted by Gasteiger charge is -2.23. The zero-order chi connectivity index (χ0) is 22.2. The standard InChI is InChI=1S/C23H21ClN6O2/c1-14-12-17(20(13-15(14)2)30-25-9-10-26-30)23(31)29-11-5-8-19(29)22-27-21(28-32-22)16-6-3-4-7-18(16)24/h3-4,6-7,9-10,12-13,19H,5,8,11H2,1-2H3. The van der Waals surface area contributed by atoms with Gasteiger partial charge in [-0.3, -0.25) is 4.79 Å². The van der Waals surface area contributed by atoms with E-state index in [1.54, 1.807) is 23.4 Å². The summed E-state index contributed by atoms with van der Waals surface area (Å²) in [5, 5.41) is 13.1. The molecule has 0 aliphatic carbocycles. The van der Waals surface area contributed by atoms with Gasteiger partial charge in [-0.25, -0.2) is 0 Å². The molecule has 1 atom stereocenters. The third-order valence-electron chi connectivity index (χ3n) is 5.83. The van der Waals surface area contributed by atoms with Gasteiger partial charge in [0, 0.05) is 12.1 Å². The molecule has 32 heavy (non-hydrogen) atoms. The second-order valence-electron chi connectivity index (χ2n) is 7.86. The van der Waals surface area contributed by atoms with E-state index >= 15 is 0 Å². The van der Waals surface area contributed by atoms with E-state index in [0.29, 0.717) is 40.1 Å². The van der Waals surface area contributed by atoms with Gasteiger partial charge in [-0.2, -0.15) is 20.0 Å². The summed E-state index contributed by atoms with van der Waals surface area (Å²) in [6.45, 7) is 4.60. The van der Waals surface area contributed by atoms with E-state index in [1.807, 2.05) is 44.2 Å². The summed E-state index contributed by atoms with van der Waals surface area (Å²) in [6, 6.07) is 10.9. The van der Waals surface area contributed by atoms with E-state index in [1.165, 1.54) is 4.80 Å². The van der Waals surface area contributed by atoms with Crippen molar-refractivity contribution < 1.29 is 9.32 Å². The molecule has 162 valence electrons. The average Bonchev–Trinajstić information content (AvgIpc) is 3.56. The Labute approximate surface area is 189 Å². The molecule has 1 fully saturated rings. The van der Waals surface area contributed by atoms with E-state index in [-0.39, 0.29) is 11.9 Å². The van der Waals surface area contributed by atoms with Gasteiger partial charge in [0.15, 0.2) is 0 Å². The predicted octanol–water partition coefficient (Wildman–Crippen LogP) is 4.56. The van der Waals surface area contributed by atoms with Crippen LogP contribution in [0.4, 0.5) is 0 Å². The van der Waals surface area contributed by atoms with E-state index < -0.39 is 0 Å². The fraction of sp³-hybridized carbons (Fsp3) is 0.261. The second kappa shape index (κ2) is 8.20. The van der Waals surface area contributed by atoms with Gasteiger partial charge < -0.3 is 9.42 Å². The molecule has 0 radical (unpaired) electrons. The molecular weight excluding hydrogens is 428 g/mol. The van der Waals surface area contributed by atoms with E-state index in [0.717, 1.165) is 24.0 Å². The summed E-state index contributed by atoms with van der Waals surface area (Å²) in [4.78, 5) is 21.5. The molecule has 3 heterocycles. The maximum absolute atomic E-state index is 13.7. The maximum atomic E-state index is 13.7. The monoisotopic (exact) mass is 448 g/mol. The van der Waals surface area contributed by atoms with Gasteiger partial charge in [0.2, 0.25) is 11.7 Å². The normalized spacial score (nSPS) is 16.0. The van der Waals surface area contributed by atoms with Crippen molar-refractivity contribution in [1.82, 2.24) is 30.0 Å². The van der Waals surface area contributed by atoms with Gasteiger partial charge in [-0.15, -0.1) is 0 Å². The molecule has 2 aromatic carbocycles. The molecule has 4 aromatic rings. The lowest BCUT2D eigenvalue weighted by atomic mass is 10.0. The third kappa shape index (κ3) is 3.56. The Bertz CT molecular complexity index is 1280. The molecule has 1 aliphatic rings. The number of hydrogen-bond donors (Lipinski definition) is 0. The van der Waals surface area contributed by atoms with Crippen LogP contribution in [0.1, 0.15) is 46.3 Å². The van der Waals surface area contributed by atoms with Crippen LogP contribution in [0.5, 0.6) is 0 Å². The Balaban J connectivity index is 1.49. The number of carbonyl (C=O) groups is 1. The second-order valence-corrected chi connectivity index (χ2v) is 8.27. The molecule has 1 saturated heterocycles. The molecule has 0 N–H and O–H groups in total. The predicted molar refractivity (Wildman–Crippen MR) is 119 cm³/mol. The van der Waals surface area contributed by atoms with Crippen molar-refractivity contribution in [1.29, 1.82) is 0 Å². The van der Waals surface area contributed by atoms with E-state index in [2.05, 4.69) is 20.3 Å². The topological polar surface area (TPSA) is 89.9 Å². The van der Waals surface area contributed by atoms with Crippen LogP contribution in [-0.4, -0.2) is 42.5 Å². The van der Waals surface area contributed by atoms with Crippen molar-refractivity contribution in [3.63, 3.8) is 0 Å². The van der Waals surface area contributed by atoms with Crippen molar-refractivity contribution >= 4 is 17.5 Å². The minimum Gasteiger partial charge on any atom is -0.337 e. The first-order chi connectivity index (χ1) is 15.5. The molecule has 9 heteroatoms. The minimum absolute atomic E-state index is 0.111. The number of amides is 1. The molecule has 2 aromatic heterocycles. The summed E-state index contributed by atoms with van der Waals surface area (Å²) in [7, 11) is 0. The fourth-order valence-electron chi connectivity index (χ4n) is 4.02. The zero-order valence-electron chi connectivity index (χ0n) is 17.7. The molecule has 0 saturated carbocycles. The Morgan fingerprint density at radius 3 is 2.66 bits per heavy atom. The molecule has 0 spiro atoms. The molecular formula is C23H21ClN6O2. The Morgan fingerprint density at radius 2 is 1.88 bits per heavy atom. The molecule has 1 aliphatic heterocycles. The number of nitrogens with zero attached hydrogens (tertiary/aromatic N) is 6. The first-order valence-electron chi connectivity index (χ1n) is 10.4. The number of likely N-dealkylation sites (tertiary alicyclic amines) is 1. The Hall–Kier alpha value is -3.52. The quantitative estimate of drug-likeness (QED) is 0.454. The lowest BCUT2D eigenvalue weighted by molar-refractivity contribution is 0.0709. The van der Waals surface area contributed by atoms with Gasteiger partial charge >= 0.3 is 0 Å². The summed E-state index contributed by atoms with van der Waals surface area (Å²) < 4.78 is 5.58. The number of aromatic nitrogens is 5. The highest BCUT2D eigenvalue weighted by molar-refractivity contribution is 6.33. The molecule has 0 bridgehead atoms.